The number of ether oxygens (including phenoxy) is 1. The molecule has 0 radical (unpaired) electrons. The van der Waals surface area contributed by atoms with Gasteiger partial charge in [0.2, 0.25) is 6.41 Å². The SMILES string of the molecule is CCCCN(C(=O)OCC)N(C=O)C(=O)O. The van der Waals surface area contributed by atoms with Gasteiger partial charge in [0.25, 0.3) is 0 Å². The Bertz CT molecular complexity index is 256. The normalized spacial score (nSPS) is 9.38. The van der Waals surface area contributed by atoms with Crippen molar-refractivity contribution in [1.82, 2.24) is 10.0 Å². The highest BCUT2D eigenvalue weighted by atomic mass is 16.6. The molecule has 0 unspecified atom stereocenters. The molecule has 16 heavy (non-hydrogen) atoms. The highest BCUT2D eigenvalue weighted by Crippen LogP contribution is 2.03. The van der Waals surface area contributed by atoms with Gasteiger partial charge in [-0.2, -0.15) is 0 Å². The first-order valence-corrected chi connectivity index (χ1v) is 5.00. The average molecular weight is 232 g/mol. The van der Waals surface area contributed by atoms with Gasteiger partial charge in [-0.3, -0.25) is 4.79 Å². The van der Waals surface area contributed by atoms with Crippen LogP contribution in [0.4, 0.5) is 9.59 Å². The summed E-state index contributed by atoms with van der Waals surface area (Å²) in [6.07, 6.45) is -0.947. The van der Waals surface area contributed by atoms with Crippen LogP contribution in [0, 0.1) is 0 Å². The quantitative estimate of drug-likeness (QED) is 0.570. The van der Waals surface area contributed by atoms with E-state index in [0.29, 0.717) is 6.42 Å². The van der Waals surface area contributed by atoms with Crippen LogP contribution < -0.4 is 0 Å². The fraction of sp³-hybridized carbons (Fsp3) is 0.667. The third-order valence-electron chi connectivity index (χ3n) is 1.76. The maximum atomic E-state index is 11.4. The van der Waals surface area contributed by atoms with E-state index in [2.05, 4.69) is 4.74 Å². The van der Waals surface area contributed by atoms with Gasteiger partial charge in [0.1, 0.15) is 0 Å². The molecule has 0 rings (SSSR count). The molecule has 92 valence electrons. The fourth-order valence-electron chi connectivity index (χ4n) is 0.998. The predicted molar refractivity (Wildman–Crippen MR) is 54.6 cm³/mol. The predicted octanol–water partition coefficient (Wildman–Crippen LogP) is 1.30. The van der Waals surface area contributed by atoms with E-state index in [1.165, 1.54) is 0 Å². The number of amides is 3. The van der Waals surface area contributed by atoms with Crippen molar-refractivity contribution in [3.8, 4) is 0 Å². The van der Waals surface area contributed by atoms with Crippen molar-refractivity contribution < 1.29 is 24.2 Å². The van der Waals surface area contributed by atoms with E-state index in [4.69, 9.17) is 5.11 Å². The van der Waals surface area contributed by atoms with Crippen LogP contribution in [0.15, 0.2) is 0 Å². The molecule has 0 spiro atoms. The number of hydrazine groups is 1. The second-order valence-corrected chi connectivity index (χ2v) is 2.91. The Balaban J connectivity index is 4.68. The molecule has 0 atom stereocenters. The Morgan fingerprint density at radius 2 is 2.00 bits per heavy atom. The molecule has 0 aliphatic carbocycles. The molecule has 0 heterocycles. The zero-order valence-corrected chi connectivity index (χ0v) is 9.38. The number of hydrogen-bond acceptors (Lipinski definition) is 4. The lowest BCUT2D eigenvalue weighted by Gasteiger charge is -2.26. The summed E-state index contributed by atoms with van der Waals surface area (Å²) in [4.78, 5) is 32.6. The molecule has 0 aromatic heterocycles. The third-order valence-corrected chi connectivity index (χ3v) is 1.76. The second kappa shape index (κ2) is 7.49. The lowest BCUT2D eigenvalue weighted by molar-refractivity contribution is -0.127. The minimum atomic E-state index is -1.51. The van der Waals surface area contributed by atoms with Crippen LogP contribution in [0.25, 0.3) is 0 Å². The monoisotopic (exact) mass is 232 g/mol. The second-order valence-electron chi connectivity index (χ2n) is 2.91. The first-order chi connectivity index (χ1) is 7.58. The number of carboxylic acid groups (broad SMARTS) is 1. The number of hydrogen-bond donors (Lipinski definition) is 1. The van der Waals surface area contributed by atoms with E-state index in [1.807, 2.05) is 6.92 Å². The third kappa shape index (κ3) is 4.16. The van der Waals surface area contributed by atoms with Crippen LogP contribution in [0.2, 0.25) is 0 Å². The summed E-state index contributed by atoms with van der Waals surface area (Å²) in [5.74, 6) is 0. The van der Waals surface area contributed by atoms with E-state index in [-0.39, 0.29) is 24.6 Å². The van der Waals surface area contributed by atoms with Crippen molar-refractivity contribution in [3.63, 3.8) is 0 Å². The smallest absolute Gasteiger partial charge is 0.433 e. The largest absolute Gasteiger partial charge is 0.463 e. The standard InChI is InChI=1S/C9H16N2O5/c1-3-5-6-10(9(15)16-4-2)11(7-12)8(13)14/h7H,3-6H2,1-2H3,(H,13,14). The molecule has 7 heteroatoms. The van der Waals surface area contributed by atoms with Crippen molar-refractivity contribution in [2.24, 2.45) is 0 Å². The Kier molecular flexibility index (Phi) is 6.66. The zero-order valence-electron chi connectivity index (χ0n) is 9.38. The molecule has 3 amide bonds. The topological polar surface area (TPSA) is 87.2 Å². The Morgan fingerprint density at radius 1 is 1.38 bits per heavy atom. The van der Waals surface area contributed by atoms with Crippen LogP contribution >= 0.6 is 0 Å². The van der Waals surface area contributed by atoms with Gasteiger partial charge in [0, 0.05) is 6.54 Å². The molecule has 0 saturated carbocycles. The molecule has 0 bridgehead atoms. The Morgan fingerprint density at radius 3 is 2.38 bits per heavy atom. The van der Waals surface area contributed by atoms with E-state index in [9.17, 15) is 14.4 Å². The maximum absolute atomic E-state index is 11.4. The van der Waals surface area contributed by atoms with Crippen molar-refractivity contribution in [3.05, 3.63) is 0 Å². The van der Waals surface area contributed by atoms with Crippen molar-refractivity contribution in [2.75, 3.05) is 13.2 Å². The Labute approximate surface area is 93.5 Å². The van der Waals surface area contributed by atoms with E-state index < -0.39 is 12.2 Å². The molecule has 0 fully saturated rings. The molecule has 0 aromatic carbocycles. The zero-order chi connectivity index (χ0) is 12.6. The molecular weight excluding hydrogens is 216 g/mol. The van der Waals surface area contributed by atoms with Gasteiger partial charge in [0.05, 0.1) is 6.61 Å². The number of unbranched alkanes of at least 4 members (excludes halogenated alkanes) is 1. The van der Waals surface area contributed by atoms with Crippen LogP contribution in [0.5, 0.6) is 0 Å². The minimum absolute atomic E-state index is 0.0644. The average Bonchev–Trinajstić information content (AvgIpc) is 2.23. The van der Waals surface area contributed by atoms with Crippen LogP contribution in [0.1, 0.15) is 26.7 Å². The van der Waals surface area contributed by atoms with Gasteiger partial charge in [-0.1, -0.05) is 13.3 Å². The molecule has 1 N–H and O–H groups in total. The summed E-state index contributed by atoms with van der Waals surface area (Å²) < 4.78 is 4.66. The van der Waals surface area contributed by atoms with Crippen molar-refractivity contribution in [2.45, 2.75) is 26.7 Å². The number of nitrogens with zero attached hydrogens (tertiary/aromatic N) is 2. The van der Waals surface area contributed by atoms with Crippen LogP contribution in [-0.2, 0) is 9.53 Å². The number of imide groups is 1. The summed E-state index contributed by atoms with van der Waals surface area (Å²) in [6.45, 7) is 3.73. The van der Waals surface area contributed by atoms with Gasteiger partial charge in [0.15, 0.2) is 0 Å². The Hall–Kier alpha value is -1.79. The first-order valence-electron chi connectivity index (χ1n) is 5.00. The van der Waals surface area contributed by atoms with Gasteiger partial charge >= 0.3 is 12.2 Å². The van der Waals surface area contributed by atoms with Gasteiger partial charge < -0.3 is 9.84 Å². The van der Waals surface area contributed by atoms with Gasteiger partial charge in [-0.15, -0.1) is 5.01 Å². The molecular formula is C9H16N2O5. The van der Waals surface area contributed by atoms with Gasteiger partial charge in [-0.05, 0) is 13.3 Å². The number of rotatable bonds is 5. The van der Waals surface area contributed by atoms with Crippen LogP contribution in [0.3, 0.4) is 0 Å². The fourth-order valence-corrected chi connectivity index (χ4v) is 0.998. The lowest BCUT2D eigenvalue weighted by Crippen LogP contribution is -2.49. The number of carbonyl (C=O) groups excluding carboxylic acids is 2. The maximum Gasteiger partial charge on any atom is 0.433 e. The van der Waals surface area contributed by atoms with Crippen LogP contribution in [-0.4, -0.2) is 46.9 Å². The highest BCUT2D eigenvalue weighted by molar-refractivity contribution is 5.82. The van der Waals surface area contributed by atoms with E-state index in [0.717, 1.165) is 11.4 Å². The molecule has 0 aromatic rings. The summed E-state index contributed by atoms with van der Waals surface area (Å²) >= 11 is 0. The van der Waals surface area contributed by atoms with Crippen molar-refractivity contribution >= 4 is 18.6 Å². The molecule has 0 aliphatic rings. The molecule has 0 aliphatic heterocycles. The molecule has 7 nitrogen and oxygen atoms in total. The summed E-state index contributed by atoms with van der Waals surface area (Å²) in [7, 11) is 0. The summed E-state index contributed by atoms with van der Waals surface area (Å²) in [6, 6.07) is 0. The highest BCUT2D eigenvalue weighted by Gasteiger charge is 2.25. The number of carbonyl (C=O) groups is 3. The lowest BCUT2D eigenvalue weighted by atomic mass is 10.3. The van der Waals surface area contributed by atoms with Gasteiger partial charge in [-0.25, -0.2) is 14.6 Å². The summed E-state index contributed by atoms with van der Waals surface area (Å²) in [5, 5.41) is 9.76. The van der Waals surface area contributed by atoms with E-state index in [1.54, 1.807) is 6.92 Å². The van der Waals surface area contributed by atoms with Crippen molar-refractivity contribution in [1.29, 1.82) is 0 Å². The summed E-state index contributed by atoms with van der Waals surface area (Å²) in [5.41, 5.74) is 0. The first kappa shape index (κ1) is 14.2. The molecule has 0 saturated heterocycles. The van der Waals surface area contributed by atoms with E-state index >= 15 is 0 Å². The minimum Gasteiger partial charge on any atom is -0.463 e.